The van der Waals surface area contributed by atoms with Gasteiger partial charge in [-0.15, -0.1) is 0 Å². The van der Waals surface area contributed by atoms with Crippen molar-refractivity contribution in [2.24, 2.45) is 0 Å². The molecule has 0 aromatic rings. The minimum absolute atomic E-state index is 0.202. The van der Waals surface area contributed by atoms with Crippen LogP contribution >= 0.6 is 10.7 Å². The van der Waals surface area contributed by atoms with E-state index in [9.17, 15) is 18.0 Å². The van der Waals surface area contributed by atoms with Gasteiger partial charge in [0.15, 0.2) is 0 Å². The first-order chi connectivity index (χ1) is 7.22. The largest absolute Gasteiger partial charge is 0.459 e. The van der Waals surface area contributed by atoms with Gasteiger partial charge in [-0.05, 0) is 6.92 Å². The smallest absolute Gasteiger partial charge is 0.421 e. The fourth-order valence-corrected chi connectivity index (χ4v) is 0.968. The van der Waals surface area contributed by atoms with Gasteiger partial charge >= 0.3 is 21.3 Å². The zero-order valence-electron chi connectivity index (χ0n) is 8.36. The molecule has 0 saturated heterocycles. The highest BCUT2D eigenvalue weighted by Crippen LogP contribution is 1.93. The Balaban J connectivity index is 3.72. The number of carbonyl (C=O) groups is 2. The van der Waals surface area contributed by atoms with E-state index in [-0.39, 0.29) is 18.8 Å². The maximum absolute atomic E-state index is 10.8. The van der Waals surface area contributed by atoms with Crippen LogP contribution in [0, 0.1) is 0 Å². The van der Waals surface area contributed by atoms with E-state index in [0.717, 1.165) is 0 Å². The van der Waals surface area contributed by atoms with Crippen molar-refractivity contribution in [3.05, 3.63) is 12.2 Å². The van der Waals surface area contributed by atoms with Crippen molar-refractivity contribution < 1.29 is 27.5 Å². The van der Waals surface area contributed by atoms with Crippen molar-refractivity contribution in [2.75, 3.05) is 13.2 Å². The molecule has 0 aromatic heterocycles. The van der Waals surface area contributed by atoms with Crippen LogP contribution in [0.1, 0.15) is 6.92 Å². The topological polar surface area (TPSA) is 98.8 Å². The van der Waals surface area contributed by atoms with Gasteiger partial charge in [0, 0.05) is 16.3 Å². The van der Waals surface area contributed by atoms with Gasteiger partial charge < -0.3 is 9.47 Å². The van der Waals surface area contributed by atoms with Crippen LogP contribution < -0.4 is 4.72 Å². The summed E-state index contributed by atoms with van der Waals surface area (Å²) < 4.78 is 30.9. The molecule has 9 heteroatoms. The average molecular weight is 272 g/mol. The summed E-state index contributed by atoms with van der Waals surface area (Å²) in [7, 11) is 0.532. The summed E-state index contributed by atoms with van der Waals surface area (Å²) in [6.45, 7) is 4.28. The molecule has 0 bridgehead atoms. The Hall–Kier alpha value is -1.28. The number of amides is 1. The fourth-order valence-electron chi connectivity index (χ4n) is 0.521. The molecule has 0 saturated carbocycles. The molecule has 0 heterocycles. The summed E-state index contributed by atoms with van der Waals surface area (Å²) in [5.74, 6) is -0.631. The van der Waals surface area contributed by atoms with E-state index < -0.39 is 21.3 Å². The first-order valence-electron chi connectivity index (χ1n) is 3.94. The van der Waals surface area contributed by atoms with Crippen LogP contribution in [0.4, 0.5) is 4.79 Å². The molecule has 0 atom stereocenters. The van der Waals surface area contributed by atoms with Gasteiger partial charge in [0.05, 0.1) is 0 Å². The summed E-state index contributed by atoms with van der Waals surface area (Å²) in [4.78, 5) is 21.5. The molecule has 0 aliphatic heterocycles. The van der Waals surface area contributed by atoms with Gasteiger partial charge in [0.1, 0.15) is 13.2 Å². The molecule has 16 heavy (non-hydrogen) atoms. The summed E-state index contributed by atoms with van der Waals surface area (Å²) in [6.07, 6.45) is -1.25. The molecule has 1 N–H and O–H groups in total. The number of hydrogen-bond acceptors (Lipinski definition) is 6. The first-order valence-corrected chi connectivity index (χ1v) is 6.25. The molecule has 0 radical (unpaired) electrons. The zero-order chi connectivity index (χ0) is 12.8. The van der Waals surface area contributed by atoms with E-state index in [1.165, 1.54) is 11.6 Å². The van der Waals surface area contributed by atoms with E-state index in [1.807, 2.05) is 0 Å². The van der Waals surface area contributed by atoms with Crippen LogP contribution in [-0.4, -0.2) is 33.7 Å². The highest BCUT2D eigenvalue weighted by molar-refractivity contribution is 8.12. The molecule has 0 unspecified atom stereocenters. The predicted molar refractivity (Wildman–Crippen MR) is 55.0 cm³/mol. The van der Waals surface area contributed by atoms with Crippen LogP contribution in [0.25, 0.3) is 0 Å². The Morgan fingerprint density at radius 3 is 2.25 bits per heavy atom. The van der Waals surface area contributed by atoms with Crippen molar-refractivity contribution >= 4 is 32.0 Å². The fraction of sp³-hybridized carbons (Fsp3) is 0.429. The quantitative estimate of drug-likeness (QED) is 0.334. The molecule has 0 aliphatic rings. The van der Waals surface area contributed by atoms with Gasteiger partial charge in [-0.3, -0.25) is 0 Å². The second-order valence-corrected chi connectivity index (χ2v) is 4.89. The van der Waals surface area contributed by atoms with Crippen LogP contribution in [0.15, 0.2) is 12.2 Å². The van der Waals surface area contributed by atoms with Gasteiger partial charge in [0.2, 0.25) is 0 Å². The predicted octanol–water partition coefficient (Wildman–Crippen LogP) is 0.316. The average Bonchev–Trinajstić information content (AvgIpc) is 2.08. The third-order valence-corrected chi connectivity index (χ3v) is 1.75. The van der Waals surface area contributed by atoms with E-state index in [0.29, 0.717) is 0 Å². The molecule has 0 rings (SSSR count). The number of halogens is 1. The zero-order valence-corrected chi connectivity index (χ0v) is 9.93. The maximum atomic E-state index is 10.8. The van der Waals surface area contributed by atoms with E-state index in [4.69, 9.17) is 10.7 Å². The van der Waals surface area contributed by atoms with E-state index >= 15 is 0 Å². The van der Waals surface area contributed by atoms with Gasteiger partial charge in [-0.25, -0.2) is 14.3 Å². The Labute approximate surface area is 96.9 Å². The second-order valence-electron chi connectivity index (χ2n) is 2.59. The molecule has 92 valence electrons. The number of nitrogens with one attached hydrogen (secondary N) is 1. The van der Waals surface area contributed by atoms with Crippen LogP contribution in [0.3, 0.4) is 0 Å². The van der Waals surface area contributed by atoms with Crippen molar-refractivity contribution in [3.8, 4) is 0 Å². The number of hydrogen-bond donors (Lipinski definition) is 1. The van der Waals surface area contributed by atoms with Gasteiger partial charge in [-0.1, -0.05) is 6.58 Å². The van der Waals surface area contributed by atoms with Gasteiger partial charge in [-0.2, -0.15) is 8.42 Å². The Bertz CT molecular complexity index is 390. The van der Waals surface area contributed by atoms with Crippen LogP contribution in [0.5, 0.6) is 0 Å². The molecule has 0 aliphatic carbocycles. The maximum Gasteiger partial charge on any atom is 0.421 e. The molecule has 1 amide bonds. The highest BCUT2D eigenvalue weighted by atomic mass is 35.7. The first kappa shape index (κ1) is 14.7. The van der Waals surface area contributed by atoms with Crippen molar-refractivity contribution in [3.63, 3.8) is 0 Å². The van der Waals surface area contributed by atoms with Gasteiger partial charge in [0.25, 0.3) is 0 Å². The minimum atomic E-state index is -4.16. The van der Waals surface area contributed by atoms with E-state index in [2.05, 4.69) is 16.1 Å². The lowest BCUT2D eigenvalue weighted by molar-refractivity contribution is -0.139. The number of carbonyl (C=O) groups excluding carboxylic acids is 2. The Morgan fingerprint density at radius 2 is 1.81 bits per heavy atom. The summed E-state index contributed by atoms with van der Waals surface area (Å²) in [5, 5.41) is 0. The lowest BCUT2D eigenvalue weighted by Gasteiger charge is -2.05. The number of ether oxygens (including phenoxy) is 2. The lowest BCUT2D eigenvalue weighted by atomic mass is 10.4. The normalized spacial score (nSPS) is 10.4. The Kier molecular flexibility index (Phi) is 5.83. The number of rotatable bonds is 5. The number of esters is 1. The second kappa shape index (κ2) is 6.33. The third-order valence-electron chi connectivity index (χ3n) is 1.10. The highest BCUT2D eigenvalue weighted by Gasteiger charge is 2.11. The molecule has 0 aromatic carbocycles. The summed E-state index contributed by atoms with van der Waals surface area (Å²) in [6, 6.07) is 0. The van der Waals surface area contributed by atoms with Crippen molar-refractivity contribution in [1.29, 1.82) is 0 Å². The summed E-state index contributed by atoms with van der Waals surface area (Å²) in [5.41, 5.74) is 0.202. The van der Waals surface area contributed by atoms with Crippen molar-refractivity contribution in [2.45, 2.75) is 6.92 Å². The van der Waals surface area contributed by atoms with Crippen LogP contribution in [-0.2, 0) is 23.5 Å². The molecule has 0 fully saturated rings. The van der Waals surface area contributed by atoms with Crippen molar-refractivity contribution in [1.82, 2.24) is 4.72 Å². The molecule has 7 nitrogen and oxygen atoms in total. The molecule has 0 spiro atoms. The third kappa shape index (κ3) is 8.06. The van der Waals surface area contributed by atoms with E-state index in [1.54, 1.807) is 0 Å². The molecular weight excluding hydrogens is 262 g/mol. The minimum Gasteiger partial charge on any atom is -0.459 e. The SMILES string of the molecule is C=C(C)C(=O)OCCOC(=O)NS(=O)(=O)Cl. The standard InChI is InChI=1S/C7H10ClNO6S/c1-5(2)6(10)14-3-4-15-7(11)9-16(8,12)13/h1,3-4H2,2H3,(H,9,11). The van der Waals surface area contributed by atoms with Crippen LogP contribution in [0.2, 0.25) is 0 Å². The molecular formula is C7H10ClNO6S. The summed E-state index contributed by atoms with van der Waals surface area (Å²) >= 11 is 0. The lowest BCUT2D eigenvalue weighted by Crippen LogP contribution is -2.28. The Morgan fingerprint density at radius 1 is 1.31 bits per heavy atom. The monoisotopic (exact) mass is 271 g/mol.